The summed E-state index contributed by atoms with van der Waals surface area (Å²) in [6.45, 7) is 9.00. The minimum Gasteiger partial charge on any atom is -0.509 e. The molecule has 2 aromatic heterocycles. The molecule has 5 rings (SSSR count). The van der Waals surface area contributed by atoms with Crippen LogP contribution in [0.5, 0.6) is 0 Å². The summed E-state index contributed by atoms with van der Waals surface area (Å²) in [6, 6.07) is 18.5. The number of fused-ring (bicyclic) bond motifs is 3. The molecule has 0 atom stereocenters. The SMILES string of the molecule is CC(=O)/C(O)=C(/C)O.Cc1cc2ccnc3c2c(n1)C(C)(C)c1cc2ccccc2[c-]c1-3.[Ir]. The molecular formula is C27H25IrN2O3-. The van der Waals surface area contributed by atoms with Crippen molar-refractivity contribution in [3.05, 3.63) is 83.2 Å². The standard InChI is InChI=1S/C22H17N2.C5H8O3.Ir/c1-13-10-16-8-9-23-20-17-11-14-6-4-5-7-15(14)12-18(17)22(2,3)21(24-13)19(16)20;1-3(6)5(8)4(2)7;/h4-10,12H,1-3H3;6,8H,1-2H3;/q-1;;/b;5-3+;. The van der Waals surface area contributed by atoms with Crippen LogP contribution in [0, 0.1) is 13.0 Å². The quantitative estimate of drug-likeness (QED) is 0.153. The third kappa shape index (κ3) is 4.29. The molecule has 0 unspecified atom stereocenters. The van der Waals surface area contributed by atoms with Gasteiger partial charge in [-0.3, -0.25) is 14.8 Å². The van der Waals surface area contributed by atoms with Gasteiger partial charge in [0, 0.05) is 55.7 Å². The van der Waals surface area contributed by atoms with Gasteiger partial charge in [0.1, 0.15) is 5.76 Å². The van der Waals surface area contributed by atoms with Gasteiger partial charge in [0.15, 0.2) is 11.5 Å². The number of hydrogen-bond acceptors (Lipinski definition) is 5. The van der Waals surface area contributed by atoms with E-state index in [9.17, 15) is 4.79 Å². The number of nitrogens with zero attached hydrogens (tertiary/aromatic N) is 2. The third-order valence-corrected chi connectivity index (χ3v) is 5.84. The molecule has 1 aliphatic carbocycles. The zero-order valence-electron chi connectivity index (χ0n) is 19.1. The van der Waals surface area contributed by atoms with Crippen molar-refractivity contribution in [1.29, 1.82) is 0 Å². The molecule has 0 spiro atoms. The van der Waals surface area contributed by atoms with Crippen LogP contribution in [0.2, 0.25) is 0 Å². The van der Waals surface area contributed by atoms with Crippen LogP contribution in [0.15, 0.2) is 60.2 Å². The summed E-state index contributed by atoms with van der Waals surface area (Å²) in [5.74, 6) is -1.42. The number of pyridine rings is 2. The summed E-state index contributed by atoms with van der Waals surface area (Å²) < 4.78 is 0. The van der Waals surface area contributed by atoms with Gasteiger partial charge < -0.3 is 10.2 Å². The zero-order valence-corrected chi connectivity index (χ0v) is 21.5. The number of aryl methyl sites for hydroxylation is 1. The van der Waals surface area contributed by atoms with Gasteiger partial charge in [0.05, 0.1) is 0 Å². The second-order valence-corrected chi connectivity index (χ2v) is 8.63. The average Bonchev–Trinajstić information content (AvgIpc) is 2.76. The number of aliphatic hydroxyl groups is 2. The van der Waals surface area contributed by atoms with Crippen LogP contribution < -0.4 is 0 Å². The summed E-state index contributed by atoms with van der Waals surface area (Å²) in [5.41, 5.74) is 5.38. The Hall–Kier alpha value is -3.08. The van der Waals surface area contributed by atoms with Crippen molar-refractivity contribution in [2.24, 2.45) is 0 Å². The Morgan fingerprint density at radius 3 is 2.36 bits per heavy atom. The molecule has 6 heteroatoms. The molecule has 0 fully saturated rings. The van der Waals surface area contributed by atoms with E-state index in [1.807, 2.05) is 6.20 Å². The molecule has 0 saturated heterocycles. The number of rotatable bonds is 1. The topological polar surface area (TPSA) is 83.3 Å². The molecule has 0 amide bonds. The fourth-order valence-electron chi connectivity index (χ4n) is 4.21. The van der Waals surface area contributed by atoms with E-state index >= 15 is 0 Å². The van der Waals surface area contributed by atoms with E-state index in [0.717, 1.165) is 28.0 Å². The molecule has 2 aromatic carbocycles. The van der Waals surface area contributed by atoms with Crippen LogP contribution in [0.25, 0.3) is 32.8 Å². The Kier molecular flexibility index (Phi) is 6.73. The second kappa shape index (κ2) is 9.05. The molecule has 0 saturated carbocycles. The number of hydrogen-bond donors (Lipinski definition) is 2. The zero-order chi connectivity index (χ0) is 23.2. The van der Waals surface area contributed by atoms with Crippen LogP contribution >= 0.6 is 0 Å². The summed E-state index contributed by atoms with van der Waals surface area (Å²) in [6.07, 6.45) is 1.89. The fraction of sp³-hybridized carbons (Fsp3) is 0.222. The second-order valence-electron chi connectivity index (χ2n) is 8.63. The van der Waals surface area contributed by atoms with E-state index in [0.29, 0.717) is 0 Å². The average molecular weight is 618 g/mol. The molecule has 33 heavy (non-hydrogen) atoms. The van der Waals surface area contributed by atoms with E-state index in [4.69, 9.17) is 20.2 Å². The molecular weight excluding hydrogens is 593 g/mol. The first kappa shape index (κ1) is 24.6. The summed E-state index contributed by atoms with van der Waals surface area (Å²) in [4.78, 5) is 19.7. The number of carbonyl (C=O) groups excluding carboxylic acids is 1. The van der Waals surface area contributed by atoms with Crippen molar-refractivity contribution in [3.63, 3.8) is 0 Å². The largest absolute Gasteiger partial charge is 0.509 e. The predicted molar refractivity (Wildman–Crippen MR) is 127 cm³/mol. The number of ketones is 1. The number of Topliss-reactive ketones (excluding diaryl/α,β-unsaturated/α-hetero) is 1. The molecule has 1 aliphatic rings. The van der Waals surface area contributed by atoms with Crippen molar-refractivity contribution < 1.29 is 35.1 Å². The summed E-state index contributed by atoms with van der Waals surface area (Å²) >= 11 is 0. The minimum atomic E-state index is -0.565. The molecule has 1 radical (unpaired) electrons. The van der Waals surface area contributed by atoms with Gasteiger partial charge in [0.25, 0.3) is 0 Å². The first-order valence-corrected chi connectivity index (χ1v) is 10.4. The normalized spacial score (nSPS) is 13.8. The Labute approximate surface area is 206 Å². The summed E-state index contributed by atoms with van der Waals surface area (Å²) in [7, 11) is 0. The molecule has 2 N–H and O–H groups in total. The maximum Gasteiger partial charge on any atom is 0.197 e. The van der Waals surface area contributed by atoms with Crippen LogP contribution in [0.1, 0.15) is 44.6 Å². The number of aliphatic hydroxyl groups excluding tert-OH is 2. The first-order valence-electron chi connectivity index (χ1n) is 10.4. The summed E-state index contributed by atoms with van der Waals surface area (Å²) in [5, 5.41) is 21.6. The van der Waals surface area contributed by atoms with Crippen LogP contribution in [0.3, 0.4) is 0 Å². The monoisotopic (exact) mass is 618 g/mol. The van der Waals surface area contributed by atoms with Crippen molar-refractivity contribution in [1.82, 2.24) is 9.97 Å². The van der Waals surface area contributed by atoms with Gasteiger partial charge in [-0.25, -0.2) is 0 Å². The smallest absolute Gasteiger partial charge is 0.197 e. The fourth-order valence-corrected chi connectivity index (χ4v) is 4.21. The molecule has 2 heterocycles. The van der Waals surface area contributed by atoms with Crippen LogP contribution in [-0.2, 0) is 30.3 Å². The minimum absolute atomic E-state index is 0. The first-order chi connectivity index (χ1) is 15.1. The molecule has 5 nitrogen and oxygen atoms in total. The van der Waals surface area contributed by atoms with Crippen LogP contribution in [-0.4, -0.2) is 26.0 Å². The van der Waals surface area contributed by atoms with E-state index in [1.165, 1.54) is 35.6 Å². The van der Waals surface area contributed by atoms with Crippen molar-refractivity contribution in [2.45, 2.75) is 40.0 Å². The molecule has 171 valence electrons. The van der Waals surface area contributed by atoms with Crippen molar-refractivity contribution in [2.75, 3.05) is 0 Å². The van der Waals surface area contributed by atoms with Gasteiger partial charge in [-0.2, -0.15) is 0 Å². The molecule has 4 aromatic rings. The van der Waals surface area contributed by atoms with E-state index in [2.05, 4.69) is 69.3 Å². The predicted octanol–water partition coefficient (Wildman–Crippen LogP) is 6.12. The van der Waals surface area contributed by atoms with E-state index in [-0.39, 0.29) is 31.3 Å². The molecule has 0 aliphatic heterocycles. The number of allylic oxidation sites excluding steroid dienone is 2. The Bertz CT molecular complexity index is 1420. The van der Waals surface area contributed by atoms with Gasteiger partial charge in [0.2, 0.25) is 0 Å². The van der Waals surface area contributed by atoms with Gasteiger partial charge >= 0.3 is 0 Å². The van der Waals surface area contributed by atoms with Crippen LogP contribution in [0.4, 0.5) is 0 Å². The van der Waals surface area contributed by atoms with E-state index < -0.39 is 11.5 Å². The van der Waals surface area contributed by atoms with Gasteiger partial charge in [-0.05, 0) is 36.8 Å². The number of aromatic nitrogens is 2. The van der Waals surface area contributed by atoms with E-state index in [1.54, 1.807) is 0 Å². The Morgan fingerprint density at radius 2 is 1.73 bits per heavy atom. The van der Waals surface area contributed by atoms with Crippen molar-refractivity contribution >= 4 is 27.3 Å². The molecule has 0 bridgehead atoms. The van der Waals surface area contributed by atoms with Crippen molar-refractivity contribution in [3.8, 4) is 11.3 Å². The Balaban J connectivity index is 0.000000297. The van der Waals surface area contributed by atoms with Gasteiger partial charge in [-0.1, -0.05) is 48.6 Å². The number of benzene rings is 2. The third-order valence-electron chi connectivity index (χ3n) is 5.84. The maximum atomic E-state index is 10.1. The Morgan fingerprint density at radius 1 is 1.03 bits per heavy atom. The van der Waals surface area contributed by atoms with Gasteiger partial charge in [-0.15, -0.1) is 23.6 Å². The maximum absolute atomic E-state index is 10.1. The number of carbonyl (C=O) groups is 1.